The Bertz CT molecular complexity index is 584. The number of rotatable bonds is 3. The monoisotopic (exact) mass is 294 g/mol. The van der Waals surface area contributed by atoms with Crippen LogP contribution < -0.4 is 0 Å². The van der Waals surface area contributed by atoms with Crippen LogP contribution in [0.4, 0.5) is 13.2 Å². The van der Waals surface area contributed by atoms with Crippen LogP contribution in [0.15, 0.2) is 30.5 Å². The summed E-state index contributed by atoms with van der Waals surface area (Å²) in [6.07, 6.45) is 2.04. The predicted octanol–water partition coefficient (Wildman–Crippen LogP) is 3.63. The van der Waals surface area contributed by atoms with Crippen LogP contribution in [0.3, 0.4) is 0 Å². The van der Waals surface area contributed by atoms with Crippen molar-refractivity contribution in [3.8, 4) is 6.07 Å². The van der Waals surface area contributed by atoms with Crippen molar-refractivity contribution in [3.05, 3.63) is 41.7 Å². The number of hydrogen-bond acceptors (Lipinski definition) is 3. The molecule has 1 heterocycles. The number of aromatic nitrogens is 1. The maximum absolute atomic E-state index is 12.5. The Morgan fingerprint density at radius 2 is 2.14 bits per heavy atom. The van der Waals surface area contributed by atoms with Crippen molar-refractivity contribution in [2.24, 2.45) is 5.92 Å². The lowest BCUT2D eigenvalue weighted by Crippen LogP contribution is -2.23. The first-order chi connectivity index (χ1) is 9.93. The normalized spacial score (nSPS) is 19.8. The quantitative estimate of drug-likeness (QED) is 0.800. The summed E-state index contributed by atoms with van der Waals surface area (Å²) in [6, 6.07) is 3.81. The van der Waals surface area contributed by atoms with Crippen molar-refractivity contribution in [3.63, 3.8) is 0 Å². The smallest absolute Gasteiger partial charge is 0.297 e. The summed E-state index contributed by atoms with van der Waals surface area (Å²) in [4.78, 5) is 15.9. The average molecular weight is 294 g/mol. The molecular weight excluding hydrogens is 281 g/mol. The number of pyridine rings is 1. The maximum atomic E-state index is 12.5. The van der Waals surface area contributed by atoms with Gasteiger partial charge in [-0.3, -0.25) is 9.78 Å². The number of halogens is 3. The molecule has 0 spiro atoms. The van der Waals surface area contributed by atoms with Crippen molar-refractivity contribution >= 4 is 5.78 Å². The van der Waals surface area contributed by atoms with Crippen molar-refractivity contribution in [1.29, 1.82) is 5.26 Å². The third-order valence-electron chi connectivity index (χ3n) is 3.49. The molecule has 0 saturated carbocycles. The summed E-state index contributed by atoms with van der Waals surface area (Å²) in [5, 5.41) is 9.16. The second-order valence-corrected chi connectivity index (χ2v) is 4.92. The van der Waals surface area contributed by atoms with E-state index in [0.29, 0.717) is 19.0 Å². The molecule has 0 radical (unpaired) electrons. The lowest BCUT2D eigenvalue weighted by Gasteiger charge is -2.19. The average Bonchev–Trinajstić information content (AvgIpc) is 2.48. The number of Topliss-reactive ketones (excluding diaryl/α,β-unsaturated/α-hetero) is 1. The summed E-state index contributed by atoms with van der Waals surface area (Å²) < 4.78 is 37.4. The molecule has 110 valence electrons. The number of carbonyl (C=O) groups is 1. The zero-order valence-electron chi connectivity index (χ0n) is 11.1. The molecule has 3 nitrogen and oxygen atoms in total. The Kier molecular flexibility index (Phi) is 4.41. The molecule has 2 unspecified atom stereocenters. The molecule has 1 aromatic rings. The SMILES string of the molecule is N#CC(C(=O)C1CC=CCC1)c1ccc(C(F)(F)F)cn1. The third kappa shape index (κ3) is 3.48. The molecule has 1 aromatic heterocycles. The Balaban J connectivity index is 2.19. The van der Waals surface area contributed by atoms with E-state index in [1.54, 1.807) is 0 Å². The highest BCUT2D eigenvalue weighted by Crippen LogP contribution is 2.30. The van der Waals surface area contributed by atoms with Gasteiger partial charge in [-0.05, 0) is 31.4 Å². The van der Waals surface area contributed by atoms with E-state index in [9.17, 15) is 18.0 Å². The largest absolute Gasteiger partial charge is 0.417 e. The number of hydrogen-bond donors (Lipinski definition) is 0. The van der Waals surface area contributed by atoms with Gasteiger partial charge < -0.3 is 0 Å². The van der Waals surface area contributed by atoms with Gasteiger partial charge >= 0.3 is 6.18 Å². The predicted molar refractivity (Wildman–Crippen MR) is 69.1 cm³/mol. The minimum atomic E-state index is -4.48. The lowest BCUT2D eigenvalue weighted by atomic mass is 9.83. The van der Waals surface area contributed by atoms with Crippen LogP contribution in [0.1, 0.15) is 36.4 Å². The highest BCUT2D eigenvalue weighted by atomic mass is 19.4. The van der Waals surface area contributed by atoms with Crippen LogP contribution in [0.25, 0.3) is 0 Å². The highest BCUT2D eigenvalue weighted by Gasteiger charge is 2.33. The van der Waals surface area contributed by atoms with Crippen LogP contribution >= 0.6 is 0 Å². The summed E-state index contributed by atoms with van der Waals surface area (Å²) in [6.45, 7) is 0. The molecule has 0 aromatic carbocycles. The second-order valence-electron chi connectivity index (χ2n) is 4.92. The number of nitriles is 1. The summed E-state index contributed by atoms with van der Waals surface area (Å²) in [5.41, 5.74) is -0.818. The van der Waals surface area contributed by atoms with Crippen molar-refractivity contribution in [1.82, 2.24) is 4.98 Å². The van der Waals surface area contributed by atoms with Gasteiger partial charge in [0.25, 0.3) is 0 Å². The minimum Gasteiger partial charge on any atom is -0.297 e. The Morgan fingerprint density at radius 1 is 1.38 bits per heavy atom. The summed E-state index contributed by atoms with van der Waals surface area (Å²) in [5.74, 6) is -1.64. The van der Waals surface area contributed by atoms with Crippen LogP contribution in [0.5, 0.6) is 0 Å². The number of allylic oxidation sites excluding steroid dienone is 2. The van der Waals surface area contributed by atoms with E-state index >= 15 is 0 Å². The zero-order valence-corrected chi connectivity index (χ0v) is 11.1. The van der Waals surface area contributed by atoms with Crippen LogP contribution in [0, 0.1) is 17.2 Å². The molecule has 1 aliphatic carbocycles. The van der Waals surface area contributed by atoms with Gasteiger partial charge in [-0.2, -0.15) is 18.4 Å². The number of nitrogens with zero attached hydrogens (tertiary/aromatic N) is 2. The number of carbonyl (C=O) groups excluding carboxylic acids is 1. The molecule has 0 aliphatic heterocycles. The molecule has 0 bridgehead atoms. The fourth-order valence-electron chi connectivity index (χ4n) is 2.31. The van der Waals surface area contributed by atoms with Gasteiger partial charge in [0.1, 0.15) is 5.92 Å². The molecule has 0 amide bonds. The molecule has 0 saturated heterocycles. The Labute approximate surface area is 120 Å². The fourth-order valence-corrected chi connectivity index (χ4v) is 2.31. The van der Waals surface area contributed by atoms with Crippen LogP contribution in [-0.2, 0) is 11.0 Å². The first-order valence-corrected chi connectivity index (χ1v) is 6.55. The first-order valence-electron chi connectivity index (χ1n) is 6.55. The molecule has 6 heteroatoms. The van der Waals surface area contributed by atoms with Gasteiger partial charge in [0.2, 0.25) is 0 Å². The molecule has 21 heavy (non-hydrogen) atoms. The zero-order chi connectivity index (χ0) is 15.5. The van der Waals surface area contributed by atoms with E-state index in [4.69, 9.17) is 5.26 Å². The van der Waals surface area contributed by atoms with Crippen molar-refractivity contribution in [2.75, 3.05) is 0 Å². The summed E-state index contributed by atoms with van der Waals surface area (Å²) >= 11 is 0. The molecule has 2 rings (SSSR count). The molecule has 0 N–H and O–H groups in total. The standard InChI is InChI=1S/C15H13F3N2O/c16-15(17,18)11-6-7-13(20-9-11)12(8-19)14(21)10-4-2-1-3-5-10/h1-2,6-7,9-10,12H,3-5H2. The first kappa shape index (κ1) is 15.2. The third-order valence-corrected chi connectivity index (χ3v) is 3.49. The van der Waals surface area contributed by atoms with Gasteiger partial charge in [0.05, 0.1) is 17.3 Å². The summed E-state index contributed by atoms with van der Waals surface area (Å²) in [7, 11) is 0. The van der Waals surface area contributed by atoms with Gasteiger partial charge in [0.15, 0.2) is 5.78 Å². The van der Waals surface area contributed by atoms with Gasteiger partial charge in [-0.25, -0.2) is 0 Å². The topological polar surface area (TPSA) is 53.8 Å². The minimum absolute atomic E-state index is 0.0741. The van der Waals surface area contributed by atoms with Gasteiger partial charge in [0, 0.05) is 12.1 Å². The van der Waals surface area contributed by atoms with Gasteiger partial charge in [-0.1, -0.05) is 12.2 Å². The van der Waals surface area contributed by atoms with Crippen molar-refractivity contribution < 1.29 is 18.0 Å². The molecule has 2 atom stereocenters. The van der Waals surface area contributed by atoms with Crippen molar-refractivity contribution in [2.45, 2.75) is 31.4 Å². The van der Waals surface area contributed by atoms with Crippen LogP contribution in [0.2, 0.25) is 0 Å². The van der Waals surface area contributed by atoms with Crippen LogP contribution in [-0.4, -0.2) is 10.8 Å². The molecular formula is C15H13F3N2O. The molecule has 0 fully saturated rings. The highest BCUT2D eigenvalue weighted by molar-refractivity contribution is 5.90. The van der Waals surface area contributed by atoms with E-state index < -0.39 is 17.7 Å². The Hall–Kier alpha value is -2.16. The lowest BCUT2D eigenvalue weighted by molar-refractivity contribution is -0.137. The van der Waals surface area contributed by atoms with E-state index in [1.165, 1.54) is 0 Å². The van der Waals surface area contributed by atoms with E-state index in [2.05, 4.69) is 4.98 Å². The molecule has 1 aliphatic rings. The van der Waals surface area contributed by atoms with E-state index in [1.807, 2.05) is 18.2 Å². The number of ketones is 1. The van der Waals surface area contributed by atoms with Gasteiger partial charge in [-0.15, -0.1) is 0 Å². The maximum Gasteiger partial charge on any atom is 0.417 e. The number of alkyl halides is 3. The van der Waals surface area contributed by atoms with E-state index in [-0.39, 0.29) is 17.4 Å². The fraction of sp³-hybridized carbons (Fsp3) is 0.400. The van der Waals surface area contributed by atoms with E-state index in [0.717, 1.165) is 18.6 Å². The second kappa shape index (κ2) is 6.08. The Morgan fingerprint density at radius 3 is 2.62 bits per heavy atom.